The zero-order valence-corrected chi connectivity index (χ0v) is 14.0. The van der Waals surface area contributed by atoms with Crippen LogP contribution in [-0.4, -0.2) is 61.9 Å². The van der Waals surface area contributed by atoms with Crippen LogP contribution in [0.3, 0.4) is 0 Å². The number of amides is 1. The van der Waals surface area contributed by atoms with Crippen molar-refractivity contribution in [1.82, 2.24) is 4.90 Å². The summed E-state index contributed by atoms with van der Waals surface area (Å²) in [6, 6.07) is 5.60. The standard InChI is InChI=1S/C17H23NO6/c1-22-13-7-6-12(14(10-13)23-2)4-3-5-16(19)18-8-9-24-15(11-18)17(20)21/h6-7,10,15H,3-5,8-9,11H2,1-2H3,(H,20,21). The minimum absolute atomic E-state index is 0.0444. The van der Waals surface area contributed by atoms with E-state index in [1.807, 2.05) is 18.2 Å². The van der Waals surface area contributed by atoms with Gasteiger partial charge in [-0.05, 0) is 24.5 Å². The molecule has 0 aromatic heterocycles. The number of aryl methyl sites for hydroxylation is 1. The van der Waals surface area contributed by atoms with Crippen molar-refractivity contribution >= 4 is 11.9 Å². The highest BCUT2D eigenvalue weighted by Crippen LogP contribution is 2.26. The van der Waals surface area contributed by atoms with Gasteiger partial charge in [0.2, 0.25) is 5.91 Å². The van der Waals surface area contributed by atoms with Gasteiger partial charge in [-0.1, -0.05) is 6.07 Å². The molecule has 0 bridgehead atoms. The SMILES string of the molecule is COc1ccc(CCCC(=O)N2CCOC(C(=O)O)C2)c(OC)c1. The molecule has 7 heteroatoms. The summed E-state index contributed by atoms with van der Waals surface area (Å²) in [5.74, 6) is 0.381. The minimum Gasteiger partial charge on any atom is -0.497 e. The second-order valence-corrected chi connectivity index (χ2v) is 5.57. The molecule has 1 saturated heterocycles. The first kappa shape index (κ1) is 18.1. The average Bonchev–Trinajstić information content (AvgIpc) is 2.61. The maximum absolute atomic E-state index is 12.2. The van der Waals surface area contributed by atoms with Gasteiger partial charge in [0.05, 0.1) is 27.4 Å². The van der Waals surface area contributed by atoms with Crippen LogP contribution in [0.15, 0.2) is 18.2 Å². The number of hydrogen-bond acceptors (Lipinski definition) is 5. The van der Waals surface area contributed by atoms with Gasteiger partial charge in [-0.2, -0.15) is 0 Å². The Kier molecular flexibility index (Phi) is 6.43. The number of hydrogen-bond donors (Lipinski definition) is 1. The van der Waals surface area contributed by atoms with Crippen molar-refractivity contribution in [3.8, 4) is 11.5 Å². The monoisotopic (exact) mass is 337 g/mol. The van der Waals surface area contributed by atoms with Gasteiger partial charge < -0.3 is 24.2 Å². The Balaban J connectivity index is 1.85. The van der Waals surface area contributed by atoms with Crippen LogP contribution in [0, 0.1) is 0 Å². The third-order valence-corrected chi connectivity index (χ3v) is 4.03. The summed E-state index contributed by atoms with van der Waals surface area (Å²) in [5, 5.41) is 8.98. The molecular weight excluding hydrogens is 314 g/mol. The predicted molar refractivity (Wildman–Crippen MR) is 86.4 cm³/mol. The summed E-state index contributed by atoms with van der Waals surface area (Å²) in [4.78, 5) is 24.8. The molecule has 24 heavy (non-hydrogen) atoms. The minimum atomic E-state index is -1.03. The van der Waals surface area contributed by atoms with Crippen LogP contribution in [0.5, 0.6) is 11.5 Å². The molecule has 7 nitrogen and oxygen atoms in total. The number of carboxylic acid groups (broad SMARTS) is 1. The van der Waals surface area contributed by atoms with E-state index < -0.39 is 12.1 Å². The molecule has 0 spiro atoms. The molecule has 1 aromatic rings. The highest BCUT2D eigenvalue weighted by molar-refractivity contribution is 5.78. The second-order valence-electron chi connectivity index (χ2n) is 5.57. The number of nitrogens with zero attached hydrogens (tertiary/aromatic N) is 1. The summed E-state index contributed by atoms with van der Waals surface area (Å²) >= 11 is 0. The van der Waals surface area contributed by atoms with Crippen molar-refractivity contribution in [2.24, 2.45) is 0 Å². The molecule has 1 aliphatic rings. The van der Waals surface area contributed by atoms with Crippen molar-refractivity contribution < 1.29 is 28.9 Å². The van der Waals surface area contributed by atoms with Gasteiger partial charge in [0, 0.05) is 19.0 Å². The molecule has 0 radical (unpaired) electrons. The Morgan fingerprint density at radius 1 is 1.33 bits per heavy atom. The molecular formula is C17H23NO6. The normalized spacial score (nSPS) is 17.4. The molecule has 132 valence electrons. The molecule has 0 saturated carbocycles. The first-order chi connectivity index (χ1) is 11.5. The Morgan fingerprint density at radius 3 is 2.79 bits per heavy atom. The van der Waals surface area contributed by atoms with Gasteiger partial charge in [0.1, 0.15) is 11.5 Å². The number of carbonyl (C=O) groups is 2. The van der Waals surface area contributed by atoms with E-state index in [-0.39, 0.29) is 19.1 Å². The fourth-order valence-corrected chi connectivity index (χ4v) is 2.67. The van der Waals surface area contributed by atoms with Crippen molar-refractivity contribution in [1.29, 1.82) is 0 Å². The van der Waals surface area contributed by atoms with Gasteiger partial charge in [-0.15, -0.1) is 0 Å². The highest BCUT2D eigenvalue weighted by atomic mass is 16.5. The zero-order chi connectivity index (χ0) is 17.5. The topological polar surface area (TPSA) is 85.3 Å². The average molecular weight is 337 g/mol. The Morgan fingerprint density at radius 2 is 2.12 bits per heavy atom. The molecule has 1 aliphatic heterocycles. The molecule has 0 aliphatic carbocycles. The lowest BCUT2D eigenvalue weighted by molar-refractivity contribution is -0.159. The third-order valence-electron chi connectivity index (χ3n) is 4.03. The smallest absolute Gasteiger partial charge is 0.334 e. The molecule has 2 rings (SSSR count). The predicted octanol–water partition coefficient (Wildman–Crippen LogP) is 1.34. The number of carbonyl (C=O) groups excluding carboxylic acids is 1. The molecule has 1 heterocycles. The van der Waals surface area contributed by atoms with Crippen molar-refractivity contribution in [2.75, 3.05) is 33.9 Å². The number of carboxylic acids is 1. The van der Waals surface area contributed by atoms with Crippen LogP contribution in [0.4, 0.5) is 0 Å². The second kappa shape index (κ2) is 8.54. The Hall–Kier alpha value is -2.28. The molecule has 1 N–H and O–H groups in total. The number of morpholine rings is 1. The highest BCUT2D eigenvalue weighted by Gasteiger charge is 2.28. The summed E-state index contributed by atoms with van der Waals surface area (Å²) in [7, 11) is 3.20. The number of benzene rings is 1. The Labute approximate surface area is 141 Å². The quantitative estimate of drug-likeness (QED) is 0.808. The molecule has 1 fully saturated rings. The van der Waals surface area contributed by atoms with Crippen LogP contribution >= 0.6 is 0 Å². The lowest BCUT2D eigenvalue weighted by atomic mass is 10.1. The third kappa shape index (κ3) is 4.61. The lowest BCUT2D eigenvalue weighted by Gasteiger charge is -2.31. The van der Waals surface area contributed by atoms with E-state index in [2.05, 4.69) is 0 Å². The largest absolute Gasteiger partial charge is 0.497 e. The van der Waals surface area contributed by atoms with E-state index in [1.165, 1.54) is 0 Å². The zero-order valence-electron chi connectivity index (χ0n) is 14.0. The van der Waals surface area contributed by atoms with E-state index in [0.29, 0.717) is 25.8 Å². The van der Waals surface area contributed by atoms with Gasteiger partial charge in [0.25, 0.3) is 0 Å². The van der Waals surface area contributed by atoms with E-state index >= 15 is 0 Å². The summed E-state index contributed by atoms with van der Waals surface area (Å²) in [6.45, 7) is 0.809. The lowest BCUT2D eigenvalue weighted by Crippen LogP contribution is -2.48. The Bertz CT molecular complexity index is 588. The van der Waals surface area contributed by atoms with Gasteiger partial charge in [-0.3, -0.25) is 4.79 Å². The first-order valence-corrected chi connectivity index (χ1v) is 7.88. The van der Waals surface area contributed by atoms with Gasteiger partial charge in [-0.25, -0.2) is 4.79 Å². The maximum atomic E-state index is 12.2. The van der Waals surface area contributed by atoms with Gasteiger partial charge in [0.15, 0.2) is 6.10 Å². The first-order valence-electron chi connectivity index (χ1n) is 7.88. The maximum Gasteiger partial charge on any atom is 0.334 e. The number of ether oxygens (including phenoxy) is 3. The van der Waals surface area contributed by atoms with Gasteiger partial charge >= 0.3 is 5.97 Å². The van der Waals surface area contributed by atoms with Crippen molar-refractivity contribution in [3.05, 3.63) is 23.8 Å². The van der Waals surface area contributed by atoms with E-state index in [4.69, 9.17) is 19.3 Å². The van der Waals surface area contributed by atoms with Crippen LogP contribution in [-0.2, 0) is 20.7 Å². The van der Waals surface area contributed by atoms with E-state index in [9.17, 15) is 9.59 Å². The number of aliphatic carboxylic acids is 1. The van der Waals surface area contributed by atoms with Crippen molar-refractivity contribution in [3.63, 3.8) is 0 Å². The van der Waals surface area contributed by atoms with Crippen LogP contribution < -0.4 is 9.47 Å². The summed E-state index contributed by atoms with van der Waals surface area (Å²) in [5.41, 5.74) is 1.01. The van der Waals surface area contributed by atoms with Crippen molar-refractivity contribution in [2.45, 2.75) is 25.4 Å². The molecule has 1 aromatic carbocycles. The molecule has 1 unspecified atom stereocenters. The summed E-state index contributed by atoms with van der Waals surface area (Å²) in [6.07, 6.45) is 0.799. The molecule has 1 amide bonds. The number of methoxy groups -OCH3 is 2. The summed E-state index contributed by atoms with van der Waals surface area (Å²) < 4.78 is 15.6. The van der Waals surface area contributed by atoms with Crippen LogP contribution in [0.25, 0.3) is 0 Å². The number of rotatable bonds is 7. The van der Waals surface area contributed by atoms with Crippen LogP contribution in [0.1, 0.15) is 18.4 Å². The van der Waals surface area contributed by atoms with E-state index in [1.54, 1.807) is 19.1 Å². The fourth-order valence-electron chi connectivity index (χ4n) is 2.67. The fraction of sp³-hybridized carbons (Fsp3) is 0.529. The molecule has 1 atom stereocenters. The van der Waals surface area contributed by atoms with Crippen LogP contribution in [0.2, 0.25) is 0 Å². The van der Waals surface area contributed by atoms with E-state index in [0.717, 1.165) is 17.1 Å².